The maximum atomic E-state index is 12.3. The number of hydrogen-bond acceptors (Lipinski definition) is 7. The van der Waals surface area contributed by atoms with Gasteiger partial charge in [0, 0.05) is 25.3 Å². The van der Waals surface area contributed by atoms with Crippen LogP contribution in [0.1, 0.15) is 13.8 Å². The highest BCUT2D eigenvalue weighted by atomic mass is 32.2. The number of ether oxygens (including phenoxy) is 1. The Bertz CT molecular complexity index is 696. The Morgan fingerprint density at radius 1 is 1.29 bits per heavy atom. The minimum Gasteiger partial charge on any atom is -0.504 e. The van der Waals surface area contributed by atoms with Crippen molar-refractivity contribution in [3.05, 3.63) is 18.3 Å². The first-order valence-electron chi connectivity index (χ1n) is 9.06. The largest absolute Gasteiger partial charge is 0.504 e. The lowest BCUT2D eigenvalue weighted by molar-refractivity contribution is -0.132. The molecule has 0 bridgehead atoms. The number of anilines is 1. The van der Waals surface area contributed by atoms with E-state index in [1.54, 1.807) is 24.8 Å². The van der Waals surface area contributed by atoms with Gasteiger partial charge in [-0.05, 0) is 19.1 Å². The standard InChI is InChI=1S/C18H26N4O5S/c1-12(18(26)21-17-14(23)4-3-5-19-17)13(2)20-15(24)10-28-11-16(25)22-6-8-27-9-7-22/h3-5,12-13,23H,6-11H2,1-2H3,(H,20,24)(H,19,21,26). The first kappa shape index (κ1) is 22.0. The van der Waals surface area contributed by atoms with Crippen molar-refractivity contribution < 1.29 is 24.2 Å². The molecule has 2 rings (SSSR count). The fraction of sp³-hybridized carbons (Fsp3) is 0.556. The first-order valence-corrected chi connectivity index (χ1v) is 10.2. The van der Waals surface area contributed by atoms with Crippen LogP contribution >= 0.6 is 11.8 Å². The van der Waals surface area contributed by atoms with Gasteiger partial charge in [0.2, 0.25) is 17.7 Å². The van der Waals surface area contributed by atoms with Crippen LogP contribution in [0, 0.1) is 5.92 Å². The molecule has 1 aliphatic heterocycles. The average molecular weight is 410 g/mol. The predicted molar refractivity (Wildman–Crippen MR) is 106 cm³/mol. The zero-order chi connectivity index (χ0) is 20.5. The zero-order valence-electron chi connectivity index (χ0n) is 16.0. The van der Waals surface area contributed by atoms with Gasteiger partial charge in [0.15, 0.2) is 11.6 Å². The predicted octanol–water partition coefficient (Wildman–Crippen LogP) is 0.459. The van der Waals surface area contributed by atoms with Crippen LogP contribution < -0.4 is 10.6 Å². The molecule has 0 saturated carbocycles. The van der Waals surface area contributed by atoms with E-state index in [-0.39, 0.29) is 40.8 Å². The molecule has 2 heterocycles. The minimum atomic E-state index is -0.537. The second-order valence-electron chi connectivity index (χ2n) is 6.49. The number of aromatic hydroxyl groups is 1. The second kappa shape index (κ2) is 10.9. The van der Waals surface area contributed by atoms with Crippen LogP contribution in [0.15, 0.2) is 18.3 Å². The Morgan fingerprint density at radius 3 is 2.68 bits per heavy atom. The number of amides is 3. The summed E-state index contributed by atoms with van der Waals surface area (Å²) in [5.41, 5.74) is 0. The molecule has 3 N–H and O–H groups in total. The van der Waals surface area contributed by atoms with Crippen LogP contribution in [0.5, 0.6) is 5.75 Å². The molecule has 0 spiro atoms. The Balaban J connectivity index is 1.71. The molecular formula is C18H26N4O5S. The third kappa shape index (κ3) is 6.68. The van der Waals surface area contributed by atoms with Gasteiger partial charge in [-0.2, -0.15) is 0 Å². The van der Waals surface area contributed by atoms with Crippen molar-refractivity contribution >= 4 is 35.3 Å². The number of nitrogens with one attached hydrogen (secondary N) is 2. The van der Waals surface area contributed by atoms with Crippen LogP contribution in [0.2, 0.25) is 0 Å². The number of thioether (sulfide) groups is 1. The van der Waals surface area contributed by atoms with E-state index in [0.717, 1.165) is 0 Å². The molecule has 1 aromatic heterocycles. The van der Waals surface area contributed by atoms with Crippen molar-refractivity contribution in [2.45, 2.75) is 19.9 Å². The maximum Gasteiger partial charge on any atom is 0.232 e. The Kier molecular flexibility index (Phi) is 8.52. The van der Waals surface area contributed by atoms with Crippen molar-refractivity contribution in [1.82, 2.24) is 15.2 Å². The highest BCUT2D eigenvalue weighted by molar-refractivity contribution is 8.00. The summed E-state index contributed by atoms with van der Waals surface area (Å²) in [5, 5.41) is 15.0. The lowest BCUT2D eigenvalue weighted by Crippen LogP contribution is -2.43. The molecular weight excluding hydrogens is 384 g/mol. The third-order valence-corrected chi connectivity index (χ3v) is 5.32. The molecule has 3 amide bonds. The van der Waals surface area contributed by atoms with Crippen LogP contribution in [-0.4, -0.2) is 76.6 Å². The van der Waals surface area contributed by atoms with Crippen molar-refractivity contribution in [2.24, 2.45) is 5.92 Å². The van der Waals surface area contributed by atoms with Gasteiger partial charge in [-0.3, -0.25) is 14.4 Å². The summed E-state index contributed by atoms with van der Waals surface area (Å²) in [4.78, 5) is 42.0. The highest BCUT2D eigenvalue weighted by Gasteiger charge is 2.23. The summed E-state index contributed by atoms with van der Waals surface area (Å²) in [7, 11) is 0. The van der Waals surface area contributed by atoms with Crippen LogP contribution in [0.25, 0.3) is 0 Å². The van der Waals surface area contributed by atoms with E-state index in [9.17, 15) is 19.5 Å². The Labute approximate surface area is 168 Å². The number of aromatic nitrogens is 1. The van der Waals surface area contributed by atoms with Crippen LogP contribution in [0.3, 0.4) is 0 Å². The van der Waals surface area contributed by atoms with Gasteiger partial charge in [-0.25, -0.2) is 4.98 Å². The van der Waals surface area contributed by atoms with Crippen molar-refractivity contribution in [2.75, 3.05) is 43.1 Å². The average Bonchev–Trinajstić information content (AvgIpc) is 2.69. The molecule has 2 unspecified atom stereocenters. The summed E-state index contributed by atoms with van der Waals surface area (Å²) in [5.74, 6) is -0.824. The van der Waals surface area contributed by atoms with Crippen LogP contribution in [-0.2, 0) is 19.1 Å². The summed E-state index contributed by atoms with van der Waals surface area (Å²) < 4.78 is 5.21. The monoisotopic (exact) mass is 410 g/mol. The molecule has 28 heavy (non-hydrogen) atoms. The molecule has 1 aliphatic rings. The van der Waals surface area contributed by atoms with Gasteiger partial charge >= 0.3 is 0 Å². The number of rotatable bonds is 8. The van der Waals surface area contributed by atoms with E-state index < -0.39 is 12.0 Å². The molecule has 0 aromatic carbocycles. The fourth-order valence-electron chi connectivity index (χ4n) is 2.51. The van der Waals surface area contributed by atoms with E-state index in [1.807, 2.05) is 0 Å². The summed E-state index contributed by atoms with van der Waals surface area (Å²) >= 11 is 1.24. The number of morpholine rings is 1. The topological polar surface area (TPSA) is 121 Å². The van der Waals surface area contributed by atoms with E-state index in [2.05, 4.69) is 15.6 Å². The Hall–Kier alpha value is -2.33. The number of pyridine rings is 1. The van der Waals surface area contributed by atoms with Crippen molar-refractivity contribution in [1.29, 1.82) is 0 Å². The lowest BCUT2D eigenvalue weighted by atomic mass is 10.0. The second-order valence-corrected chi connectivity index (χ2v) is 7.48. The van der Waals surface area contributed by atoms with Crippen molar-refractivity contribution in [3.8, 4) is 5.75 Å². The molecule has 1 fully saturated rings. The van der Waals surface area contributed by atoms with Gasteiger partial charge < -0.3 is 25.4 Å². The molecule has 2 atom stereocenters. The Morgan fingerprint density at radius 2 is 2.00 bits per heavy atom. The van der Waals surface area contributed by atoms with Crippen molar-refractivity contribution in [3.63, 3.8) is 0 Å². The van der Waals surface area contributed by atoms with Gasteiger partial charge in [0.05, 0.1) is 30.6 Å². The zero-order valence-corrected chi connectivity index (χ0v) is 16.8. The quantitative estimate of drug-likeness (QED) is 0.569. The van der Waals surface area contributed by atoms with E-state index in [0.29, 0.717) is 26.3 Å². The number of hydrogen-bond donors (Lipinski definition) is 3. The van der Waals surface area contributed by atoms with Gasteiger partial charge in [0.1, 0.15) is 0 Å². The summed E-state index contributed by atoms with van der Waals surface area (Å²) in [6, 6.07) is 2.56. The third-order valence-electron chi connectivity index (χ3n) is 4.40. The first-order chi connectivity index (χ1) is 13.4. The SMILES string of the molecule is CC(NC(=O)CSCC(=O)N1CCOCC1)C(C)C(=O)Nc1ncccc1O. The molecule has 0 radical (unpaired) electrons. The maximum absolute atomic E-state index is 12.3. The van der Waals surface area contributed by atoms with E-state index in [1.165, 1.54) is 24.0 Å². The molecule has 1 saturated heterocycles. The molecule has 9 nitrogen and oxygen atoms in total. The van der Waals surface area contributed by atoms with E-state index in [4.69, 9.17) is 4.74 Å². The smallest absolute Gasteiger partial charge is 0.232 e. The lowest BCUT2D eigenvalue weighted by Gasteiger charge is -2.26. The molecule has 1 aromatic rings. The van der Waals surface area contributed by atoms with Gasteiger partial charge in [0.25, 0.3) is 0 Å². The number of carbonyl (C=O) groups is 3. The highest BCUT2D eigenvalue weighted by Crippen LogP contribution is 2.19. The van der Waals surface area contributed by atoms with Gasteiger partial charge in [-0.1, -0.05) is 6.92 Å². The summed E-state index contributed by atoms with van der Waals surface area (Å²) in [6.45, 7) is 5.66. The fourth-order valence-corrected chi connectivity index (χ4v) is 3.23. The van der Waals surface area contributed by atoms with Gasteiger partial charge in [-0.15, -0.1) is 11.8 Å². The number of nitrogens with zero attached hydrogens (tertiary/aromatic N) is 2. The number of carbonyl (C=O) groups excluding carboxylic acids is 3. The minimum absolute atomic E-state index is 0.00272. The molecule has 0 aliphatic carbocycles. The normalized spacial score (nSPS) is 16.1. The van der Waals surface area contributed by atoms with Crippen LogP contribution in [0.4, 0.5) is 5.82 Å². The molecule has 10 heteroatoms. The molecule has 154 valence electrons. The summed E-state index contributed by atoms with van der Waals surface area (Å²) in [6.07, 6.45) is 1.46. The van der Waals surface area contributed by atoms with E-state index >= 15 is 0 Å².